The van der Waals surface area contributed by atoms with E-state index in [1.54, 1.807) is 6.20 Å². The van der Waals surface area contributed by atoms with Crippen LogP contribution < -0.4 is 0 Å². The van der Waals surface area contributed by atoms with Crippen LogP contribution in [-0.2, 0) is 0 Å². The second-order valence-electron chi connectivity index (χ2n) is 1.90. The van der Waals surface area contributed by atoms with Gasteiger partial charge in [-0.25, -0.2) is 4.68 Å². The summed E-state index contributed by atoms with van der Waals surface area (Å²) >= 11 is 0. The lowest BCUT2D eigenvalue weighted by Crippen LogP contribution is -1.89. The van der Waals surface area contributed by atoms with Gasteiger partial charge < -0.3 is 0 Å². The minimum atomic E-state index is 1.16. The van der Waals surface area contributed by atoms with Crippen LogP contribution in [0.3, 0.4) is 0 Å². The van der Waals surface area contributed by atoms with E-state index in [1.165, 1.54) is 0 Å². The van der Waals surface area contributed by atoms with Crippen molar-refractivity contribution in [3.05, 3.63) is 24.0 Å². The Morgan fingerprint density at radius 3 is 2.89 bits per heavy atom. The Hall–Kier alpha value is -1.05. The maximum Gasteiger partial charge on any atom is 0.0496 e. The van der Waals surface area contributed by atoms with E-state index in [1.807, 2.05) is 36.9 Å². The zero-order chi connectivity index (χ0) is 6.69. The van der Waals surface area contributed by atoms with Gasteiger partial charge in [-0.1, -0.05) is 6.08 Å². The van der Waals surface area contributed by atoms with Crippen molar-refractivity contribution in [3.63, 3.8) is 0 Å². The number of nitrogens with zero attached hydrogens (tertiary/aromatic N) is 2. The van der Waals surface area contributed by atoms with Gasteiger partial charge in [-0.2, -0.15) is 5.10 Å². The van der Waals surface area contributed by atoms with E-state index in [2.05, 4.69) is 5.10 Å². The third-order valence-corrected chi connectivity index (χ3v) is 1.16. The summed E-state index contributed by atoms with van der Waals surface area (Å²) in [6.45, 7) is 3.99. The summed E-state index contributed by atoms with van der Waals surface area (Å²) in [7, 11) is 0. The Morgan fingerprint density at radius 2 is 2.44 bits per heavy atom. The molecule has 0 amide bonds. The highest BCUT2D eigenvalue weighted by Crippen LogP contribution is 1.94. The zero-order valence-corrected chi connectivity index (χ0v) is 5.70. The number of hydrogen-bond donors (Lipinski definition) is 0. The number of allylic oxidation sites excluding steroid dienone is 1. The van der Waals surface area contributed by atoms with Gasteiger partial charge in [-0.05, 0) is 19.9 Å². The normalized spacial score (nSPS) is 10.9. The molecule has 0 atom stereocenters. The molecule has 2 nitrogen and oxygen atoms in total. The first-order chi connectivity index (χ1) is 4.34. The Balaban J connectivity index is 2.94. The molecular formula is C7H10N2. The van der Waals surface area contributed by atoms with Crippen molar-refractivity contribution in [3.8, 4) is 0 Å². The van der Waals surface area contributed by atoms with Gasteiger partial charge in [0.15, 0.2) is 0 Å². The van der Waals surface area contributed by atoms with E-state index >= 15 is 0 Å². The number of aromatic nitrogens is 2. The van der Waals surface area contributed by atoms with E-state index in [0.29, 0.717) is 0 Å². The molecule has 2 heteroatoms. The van der Waals surface area contributed by atoms with Crippen molar-refractivity contribution in [2.45, 2.75) is 13.8 Å². The number of aryl methyl sites for hydroxylation is 1. The molecule has 48 valence electrons. The predicted octanol–water partition coefficient (Wildman–Crippen LogP) is 1.68. The van der Waals surface area contributed by atoms with Crippen LogP contribution in [0.4, 0.5) is 0 Å². The monoisotopic (exact) mass is 122 g/mol. The van der Waals surface area contributed by atoms with E-state index in [0.717, 1.165) is 5.69 Å². The lowest BCUT2D eigenvalue weighted by atomic mass is 10.5. The Kier molecular flexibility index (Phi) is 1.68. The van der Waals surface area contributed by atoms with Crippen LogP contribution in [0.15, 0.2) is 18.3 Å². The van der Waals surface area contributed by atoms with Crippen LogP contribution in [0.25, 0.3) is 6.20 Å². The molecule has 0 saturated heterocycles. The average molecular weight is 122 g/mol. The molecule has 0 aromatic carbocycles. The largest absolute Gasteiger partial charge is 0.246 e. The lowest BCUT2D eigenvalue weighted by molar-refractivity contribution is 0.896. The SMILES string of the molecule is C/C=C\n1nccc1C. The van der Waals surface area contributed by atoms with E-state index in [-0.39, 0.29) is 0 Å². The summed E-state index contributed by atoms with van der Waals surface area (Å²) in [5, 5.41) is 4.04. The van der Waals surface area contributed by atoms with Crippen LogP contribution in [0, 0.1) is 6.92 Å². The maximum absolute atomic E-state index is 4.04. The Morgan fingerprint density at radius 1 is 1.67 bits per heavy atom. The molecule has 0 aliphatic heterocycles. The lowest BCUT2D eigenvalue weighted by Gasteiger charge is -1.91. The third kappa shape index (κ3) is 1.19. The van der Waals surface area contributed by atoms with Crippen LogP contribution in [0.1, 0.15) is 12.6 Å². The van der Waals surface area contributed by atoms with Crippen LogP contribution in [0.5, 0.6) is 0 Å². The second kappa shape index (κ2) is 2.49. The summed E-state index contributed by atoms with van der Waals surface area (Å²) < 4.78 is 1.83. The van der Waals surface area contributed by atoms with Crippen molar-refractivity contribution in [2.75, 3.05) is 0 Å². The quantitative estimate of drug-likeness (QED) is 0.554. The molecule has 0 bridgehead atoms. The first-order valence-corrected chi connectivity index (χ1v) is 2.97. The fourth-order valence-electron chi connectivity index (χ4n) is 0.678. The predicted molar refractivity (Wildman–Crippen MR) is 38.0 cm³/mol. The summed E-state index contributed by atoms with van der Waals surface area (Å²) in [6.07, 6.45) is 5.67. The van der Waals surface area contributed by atoms with E-state index < -0.39 is 0 Å². The first-order valence-electron chi connectivity index (χ1n) is 2.97. The summed E-state index contributed by atoms with van der Waals surface area (Å²) in [6, 6.07) is 1.97. The highest BCUT2D eigenvalue weighted by Gasteiger charge is 1.87. The molecule has 9 heavy (non-hydrogen) atoms. The van der Waals surface area contributed by atoms with Crippen LogP contribution >= 0.6 is 0 Å². The molecule has 0 radical (unpaired) electrons. The molecule has 0 N–H and O–H groups in total. The van der Waals surface area contributed by atoms with Crippen molar-refractivity contribution in [1.29, 1.82) is 0 Å². The fraction of sp³-hybridized carbons (Fsp3) is 0.286. The second-order valence-corrected chi connectivity index (χ2v) is 1.90. The van der Waals surface area contributed by atoms with Gasteiger partial charge in [0.25, 0.3) is 0 Å². The van der Waals surface area contributed by atoms with Crippen molar-refractivity contribution in [2.24, 2.45) is 0 Å². The molecule has 0 unspecified atom stereocenters. The highest BCUT2D eigenvalue weighted by atomic mass is 15.3. The molecule has 0 aliphatic carbocycles. The summed E-state index contributed by atoms with van der Waals surface area (Å²) in [5.41, 5.74) is 1.16. The molecule has 0 spiro atoms. The van der Waals surface area contributed by atoms with Crippen molar-refractivity contribution in [1.82, 2.24) is 9.78 Å². The summed E-state index contributed by atoms with van der Waals surface area (Å²) in [5.74, 6) is 0. The van der Waals surface area contributed by atoms with Gasteiger partial charge in [-0.15, -0.1) is 0 Å². The number of rotatable bonds is 1. The third-order valence-electron chi connectivity index (χ3n) is 1.16. The molecule has 0 fully saturated rings. The van der Waals surface area contributed by atoms with Gasteiger partial charge in [0.2, 0.25) is 0 Å². The molecule has 1 aromatic heterocycles. The molecule has 0 aliphatic rings. The van der Waals surface area contributed by atoms with E-state index in [9.17, 15) is 0 Å². The van der Waals surface area contributed by atoms with Gasteiger partial charge in [-0.3, -0.25) is 0 Å². The number of hydrogen-bond acceptors (Lipinski definition) is 1. The standard InChI is InChI=1S/C7H10N2/c1-3-6-9-7(2)4-5-8-9/h3-6H,1-2H3/b6-3-. The Labute approximate surface area is 54.8 Å². The van der Waals surface area contributed by atoms with Crippen molar-refractivity contribution >= 4 is 6.20 Å². The van der Waals surface area contributed by atoms with Gasteiger partial charge in [0, 0.05) is 18.1 Å². The highest BCUT2D eigenvalue weighted by molar-refractivity contribution is 5.22. The fourth-order valence-corrected chi connectivity index (χ4v) is 0.678. The minimum absolute atomic E-state index is 1.16. The molecule has 1 rings (SSSR count). The van der Waals surface area contributed by atoms with Crippen LogP contribution in [0.2, 0.25) is 0 Å². The molecule has 1 heterocycles. The van der Waals surface area contributed by atoms with Crippen LogP contribution in [-0.4, -0.2) is 9.78 Å². The molecular weight excluding hydrogens is 112 g/mol. The molecule has 1 aromatic rings. The smallest absolute Gasteiger partial charge is 0.0496 e. The average Bonchev–Trinajstić information content (AvgIpc) is 2.18. The van der Waals surface area contributed by atoms with Gasteiger partial charge in [0.05, 0.1) is 0 Å². The topological polar surface area (TPSA) is 17.8 Å². The summed E-state index contributed by atoms with van der Waals surface area (Å²) in [4.78, 5) is 0. The van der Waals surface area contributed by atoms with E-state index in [4.69, 9.17) is 0 Å². The zero-order valence-electron chi connectivity index (χ0n) is 5.70. The van der Waals surface area contributed by atoms with Crippen molar-refractivity contribution < 1.29 is 0 Å². The van der Waals surface area contributed by atoms with Gasteiger partial charge >= 0.3 is 0 Å². The maximum atomic E-state index is 4.04. The first kappa shape index (κ1) is 6.08. The Bertz CT molecular complexity index is 210. The van der Waals surface area contributed by atoms with Gasteiger partial charge in [0.1, 0.15) is 0 Å². The molecule has 0 saturated carbocycles. The minimum Gasteiger partial charge on any atom is -0.246 e.